The summed E-state index contributed by atoms with van der Waals surface area (Å²) in [5.41, 5.74) is 8.91. The molecule has 0 aliphatic heterocycles. The highest BCUT2D eigenvalue weighted by Crippen LogP contribution is 2.45. The molecule has 178 valence electrons. The summed E-state index contributed by atoms with van der Waals surface area (Å²) in [7, 11) is 0. The summed E-state index contributed by atoms with van der Waals surface area (Å²) in [5.74, 6) is 0.639. The van der Waals surface area contributed by atoms with Crippen molar-refractivity contribution in [3.63, 3.8) is 0 Å². The Morgan fingerprint density at radius 1 is 0.938 bits per heavy atom. The van der Waals surface area contributed by atoms with Crippen molar-refractivity contribution in [2.45, 2.75) is 97.6 Å². The zero-order valence-electron chi connectivity index (χ0n) is 20.8. The third-order valence-electron chi connectivity index (χ3n) is 7.05. The Balaban J connectivity index is 2.71. The fourth-order valence-corrected chi connectivity index (χ4v) is 4.25. The normalized spacial score (nSPS) is 14.3. The molecular formula is C27H39Cl2NO2. The number of rotatable bonds is 9. The van der Waals surface area contributed by atoms with Crippen LogP contribution in [0, 0.1) is 6.92 Å². The molecule has 2 aromatic carbocycles. The van der Waals surface area contributed by atoms with Crippen LogP contribution in [0.1, 0.15) is 96.4 Å². The van der Waals surface area contributed by atoms with Crippen LogP contribution in [0.4, 0.5) is 0 Å². The van der Waals surface area contributed by atoms with Crippen LogP contribution in [0.2, 0.25) is 10.0 Å². The fraction of sp³-hybridized carbons (Fsp3) is 0.556. The molecule has 1 unspecified atom stereocenters. The molecule has 0 bridgehead atoms. The highest BCUT2D eigenvalue weighted by molar-refractivity contribution is 6.37. The minimum absolute atomic E-state index is 0.0522. The summed E-state index contributed by atoms with van der Waals surface area (Å²) in [6.07, 6.45) is 3.22. The van der Waals surface area contributed by atoms with Crippen molar-refractivity contribution < 1.29 is 9.84 Å². The van der Waals surface area contributed by atoms with Crippen molar-refractivity contribution in [1.29, 1.82) is 0 Å². The Labute approximate surface area is 204 Å². The van der Waals surface area contributed by atoms with Crippen molar-refractivity contribution in [1.82, 2.24) is 0 Å². The van der Waals surface area contributed by atoms with Gasteiger partial charge in [-0.3, -0.25) is 5.73 Å². The summed E-state index contributed by atoms with van der Waals surface area (Å²) >= 11 is 12.8. The van der Waals surface area contributed by atoms with Gasteiger partial charge >= 0.3 is 0 Å². The van der Waals surface area contributed by atoms with Gasteiger partial charge in [0.25, 0.3) is 0 Å². The van der Waals surface area contributed by atoms with E-state index in [1.54, 1.807) is 13.0 Å². The van der Waals surface area contributed by atoms with E-state index in [9.17, 15) is 5.11 Å². The summed E-state index contributed by atoms with van der Waals surface area (Å²) in [6, 6.07) is 8.07. The van der Waals surface area contributed by atoms with Crippen LogP contribution in [0.25, 0.3) is 0 Å². The van der Waals surface area contributed by atoms with Crippen molar-refractivity contribution in [3.05, 3.63) is 56.6 Å². The minimum atomic E-state index is -1.28. The number of phenols is 1. The monoisotopic (exact) mass is 479 g/mol. The van der Waals surface area contributed by atoms with E-state index in [1.165, 1.54) is 5.56 Å². The molecule has 0 saturated heterocycles. The van der Waals surface area contributed by atoms with Gasteiger partial charge in [-0.15, -0.1) is 0 Å². The third kappa shape index (κ3) is 5.21. The maximum absolute atomic E-state index is 10.9. The molecule has 0 aliphatic rings. The van der Waals surface area contributed by atoms with E-state index in [2.05, 4.69) is 53.7 Å². The average Bonchev–Trinajstić information content (AvgIpc) is 2.74. The molecule has 3 N–H and O–H groups in total. The second-order valence-electron chi connectivity index (χ2n) is 10.1. The number of ether oxygens (including phenoxy) is 1. The highest BCUT2D eigenvalue weighted by atomic mass is 35.5. The van der Waals surface area contributed by atoms with Crippen molar-refractivity contribution in [3.8, 4) is 11.5 Å². The molecule has 3 nitrogen and oxygen atoms in total. The SMILES string of the molecule is CCCC(N)(Oc1ccc(C(C)(C)CC)cc1C(C)(C)CC)c1cc(Cl)c(C)c(Cl)c1O. The van der Waals surface area contributed by atoms with Gasteiger partial charge in [0.15, 0.2) is 5.72 Å². The van der Waals surface area contributed by atoms with Crippen LogP contribution < -0.4 is 10.5 Å². The maximum Gasteiger partial charge on any atom is 0.188 e. The van der Waals surface area contributed by atoms with E-state index in [0.717, 1.165) is 30.6 Å². The van der Waals surface area contributed by atoms with E-state index in [4.69, 9.17) is 33.7 Å². The lowest BCUT2D eigenvalue weighted by atomic mass is 9.76. The largest absolute Gasteiger partial charge is 0.506 e. The molecule has 0 amide bonds. The van der Waals surface area contributed by atoms with Crippen LogP contribution >= 0.6 is 23.2 Å². The molecule has 0 heterocycles. The lowest BCUT2D eigenvalue weighted by molar-refractivity contribution is 0.0575. The first-order valence-electron chi connectivity index (χ1n) is 11.5. The smallest absolute Gasteiger partial charge is 0.188 e. The van der Waals surface area contributed by atoms with Gasteiger partial charge < -0.3 is 9.84 Å². The Bertz CT molecular complexity index is 969. The van der Waals surface area contributed by atoms with Gasteiger partial charge in [0.2, 0.25) is 0 Å². The number of aromatic hydroxyl groups is 1. The molecule has 2 rings (SSSR count). The number of hydrogen-bond acceptors (Lipinski definition) is 3. The molecular weight excluding hydrogens is 441 g/mol. The maximum atomic E-state index is 10.9. The summed E-state index contributed by atoms with van der Waals surface area (Å²) < 4.78 is 6.58. The van der Waals surface area contributed by atoms with Gasteiger partial charge in [0, 0.05) is 17.0 Å². The molecule has 0 spiro atoms. The van der Waals surface area contributed by atoms with Crippen LogP contribution in [0.15, 0.2) is 24.3 Å². The second-order valence-corrected chi connectivity index (χ2v) is 10.9. The first-order valence-corrected chi connectivity index (χ1v) is 12.3. The van der Waals surface area contributed by atoms with Gasteiger partial charge in [-0.05, 0) is 53.9 Å². The Hall–Kier alpha value is -1.42. The third-order valence-corrected chi connectivity index (χ3v) is 7.90. The lowest BCUT2D eigenvalue weighted by Crippen LogP contribution is -2.43. The lowest BCUT2D eigenvalue weighted by Gasteiger charge is -2.36. The quantitative estimate of drug-likeness (QED) is 0.355. The van der Waals surface area contributed by atoms with E-state index in [1.807, 2.05) is 13.0 Å². The van der Waals surface area contributed by atoms with Gasteiger partial charge in [-0.1, -0.05) is 90.2 Å². The molecule has 0 radical (unpaired) electrons. The molecule has 32 heavy (non-hydrogen) atoms. The number of phenolic OH excluding ortho intramolecular Hbond substituents is 1. The highest BCUT2D eigenvalue weighted by Gasteiger charge is 2.36. The van der Waals surface area contributed by atoms with Crippen molar-refractivity contribution in [2.75, 3.05) is 0 Å². The number of benzene rings is 2. The summed E-state index contributed by atoms with van der Waals surface area (Å²) in [6.45, 7) is 17.1. The Morgan fingerprint density at radius 2 is 1.53 bits per heavy atom. The second kappa shape index (κ2) is 9.83. The van der Waals surface area contributed by atoms with Crippen LogP contribution in [0.3, 0.4) is 0 Å². The minimum Gasteiger partial charge on any atom is -0.506 e. The molecule has 0 saturated carbocycles. The average molecular weight is 481 g/mol. The van der Waals surface area contributed by atoms with E-state index < -0.39 is 5.72 Å². The Kier molecular flexibility index (Phi) is 8.24. The van der Waals surface area contributed by atoms with E-state index >= 15 is 0 Å². The first kappa shape index (κ1) is 26.8. The van der Waals surface area contributed by atoms with Crippen LogP contribution in [-0.2, 0) is 16.6 Å². The predicted octanol–water partition coefficient (Wildman–Crippen LogP) is 8.37. The van der Waals surface area contributed by atoms with Gasteiger partial charge in [-0.25, -0.2) is 0 Å². The fourth-order valence-electron chi connectivity index (χ4n) is 3.80. The molecule has 0 aliphatic carbocycles. The van der Waals surface area contributed by atoms with Crippen LogP contribution in [0.5, 0.6) is 11.5 Å². The summed E-state index contributed by atoms with van der Waals surface area (Å²) in [5, 5.41) is 11.5. The number of nitrogens with two attached hydrogens (primary N) is 1. The molecule has 2 aromatic rings. The summed E-state index contributed by atoms with van der Waals surface area (Å²) in [4.78, 5) is 0. The zero-order valence-corrected chi connectivity index (χ0v) is 22.3. The van der Waals surface area contributed by atoms with Gasteiger partial charge in [0.05, 0.1) is 10.6 Å². The van der Waals surface area contributed by atoms with Crippen LogP contribution in [-0.4, -0.2) is 5.11 Å². The van der Waals surface area contributed by atoms with Gasteiger partial charge in [-0.2, -0.15) is 0 Å². The Morgan fingerprint density at radius 3 is 2.06 bits per heavy atom. The van der Waals surface area contributed by atoms with Crippen molar-refractivity contribution in [2.24, 2.45) is 5.73 Å². The zero-order chi connectivity index (χ0) is 24.5. The molecule has 0 fully saturated rings. The molecule has 1 atom stereocenters. The number of hydrogen-bond donors (Lipinski definition) is 2. The standard InChI is InChI=1S/C27H39Cl2NO2/c1-9-14-27(30,20-16-21(28)17(4)23(29)24(20)31)32-22-13-12-18(25(5,6)10-2)15-19(22)26(7,8)11-3/h12-13,15-16,31H,9-11,14,30H2,1-8H3. The predicted molar refractivity (Wildman–Crippen MR) is 137 cm³/mol. The number of halogens is 2. The molecule has 5 heteroatoms. The topological polar surface area (TPSA) is 55.5 Å². The van der Waals surface area contributed by atoms with Gasteiger partial charge in [0.1, 0.15) is 11.5 Å². The van der Waals surface area contributed by atoms with Crippen molar-refractivity contribution >= 4 is 23.2 Å². The van der Waals surface area contributed by atoms with E-state index in [0.29, 0.717) is 22.6 Å². The molecule has 0 aromatic heterocycles. The van der Waals surface area contributed by atoms with E-state index in [-0.39, 0.29) is 21.6 Å². The first-order chi connectivity index (χ1) is 14.7.